The number of rotatable bonds is 2. The van der Waals surface area contributed by atoms with Crippen molar-refractivity contribution in [3.8, 4) is 34.1 Å². The number of hydrogen-bond donors (Lipinski definition) is 2. The van der Waals surface area contributed by atoms with Gasteiger partial charge in [0.1, 0.15) is 34.2 Å². The summed E-state index contributed by atoms with van der Waals surface area (Å²) in [5, 5.41) is 21.0. The van der Waals surface area contributed by atoms with Crippen LogP contribution in [0.1, 0.15) is 19.4 Å². The zero-order chi connectivity index (χ0) is 19.3. The summed E-state index contributed by atoms with van der Waals surface area (Å²) in [5.41, 5.74) is 0.106. The highest BCUT2D eigenvalue weighted by Gasteiger charge is 2.25. The van der Waals surface area contributed by atoms with Crippen molar-refractivity contribution >= 4 is 17.0 Å². The van der Waals surface area contributed by atoms with Crippen molar-refractivity contribution in [2.45, 2.75) is 19.4 Å². The molecule has 0 unspecified atom stereocenters. The van der Waals surface area contributed by atoms with E-state index in [-0.39, 0.29) is 22.6 Å². The van der Waals surface area contributed by atoms with Gasteiger partial charge >= 0.3 is 5.63 Å². The molecule has 6 heteroatoms. The molecule has 0 fully saturated rings. The van der Waals surface area contributed by atoms with Crippen LogP contribution in [0.2, 0.25) is 0 Å². The van der Waals surface area contributed by atoms with Crippen molar-refractivity contribution in [1.82, 2.24) is 0 Å². The molecule has 2 aromatic carbocycles. The van der Waals surface area contributed by atoms with Crippen molar-refractivity contribution in [2.75, 3.05) is 7.11 Å². The maximum Gasteiger partial charge on any atom is 0.344 e. The number of aromatic hydroxyl groups is 2. The van der Waals surface area contributed by atoms with Crippen LogP contribution in [0.25, 0.3) is 28.2 Å². The highest BCUT2D eigenvalue weighted by Crippen LogP contribution is 2.42. The van der Waals surface area contributed by atoms with Crippen molar-refractivity contribution < 1.29 is 24.1 Å². The first kappa shape index (κ1) is 17.0. The minimum Gasteiger partial charge on any atom is -0.508 e. The Hall–Kier alpha value is -3.41. The maximum atomic E-state index is 12.5. The molecule has 0 bridgehead atoms. The van der Waals surface area contributed by atoms with Gasteiger partial charge < -0.3 is 24.1 Å². The predicted octanol–water partition coefficient (Wildman–Crippen LogP) is 4.06. The minimum atomic E-state index is -0.633. The summed E-state index contributed by atoms with van der Waals surface area (Å²) in [5.74, 6) is 0.759. The Kier molecular flexibility index (Phi) is 3.66. The quantitative estimate of drug-likeness (QED) is 0.665. The van der Waals surface area contributed by atoms with E-state index in [4.69, 9.17) is 13.9 Å². The molecule has 138 valence electrons. The van der Waals surface area contributed by atoms with Crippen molar-refractivity contribution in [1.29, 1.82) is 0 Å². The van der Waals surface area contributed by atoms with Gasteiger partial charge in [-0.25, -0.2) is 4.79 Å². The van der Waals surface area contributed by atoms with E-state index in [9.17, 15) is 15.0 Å². The summed E-state index contributed by atoms with van der Waals surface area (Å²) in [6, 6.07) is 7.69. The van der Waals surface area contributed by atoms with Gasteiger partial charge in [0.15, 0.2) is 0 Å². The SMILES string of the molecule is COc1cc(O)cc2oc(=O)c(-c3ccc4c(c3O)C=CC(C)(C)O4)cc12. The van der Waals surface area contributed by atoms with E-state index in [1.807, 2.05) is 19.9 Å². The van der Waals surface area contributed by atoms with Crippen molar-refractivity contribution in [3.05, 3.63) is 52.4 Å². The normalized spacial score (nSPS) is 14.6. The number of phenolic OH excluding ortho intramolecular Hbond substituents is 2. The van der Waals surface area contributed by atoms with Gasteiger partial charge in [-0.05, 0) is 44.2 Å². The molecule has 0 atom stereocenters. The monoisotopic (exact) mass is 366 g/mol. The number of methoxy groups -OCH3 is 1. The first-order chi connectivity index (χ1) is 12.8. The Morgan fingerprint density at radius 2 is 1.85 bits per heavy atom. The second kappa shape index (κ2) is 5.81. The second-order valence-electron chi connectivity index (χ2n) is 6.92. The van der Waals surface area contributed by atoms with Gasteiger partial charge in [0.05, 0.1) is 23.6 Å². The molecule has 0 spiro atoms. The molecule has 27 heavy (non-hydrogen) atoms. The lowest BCUT2D eigenvalue weighted by Gasteiger charge is -2.28. The number of phenols is 2. The van der Waals surface area contributed by atoms with E-state index in [0.717, 1.165) is 0 Å². The summed E-state index contributed by atoms with van der Waals surface area (Å²) in [6.45, 7) is 3.83. The summed E-state index contributed by atoms with van der Waals surface area (Å²) in [4.78, 5) is 12.5. The van der Waals surface area contributed by atoms with E-state index >= 15 is 0 Å². The standard InChI is InChI=1S/C21H18O6/c1-21(2)7-6-13-16(27-21)5-4-12(19(13)23)14-10-15-17(25-3)8-11(22)9-18(15)26-20(14)24/h4-10,22-23H,1-3H3. The fourth-order valence-electron chi connectivity index (χ4n) is 3.19. The van der Waals surface area contributed by atoms with Crippen LogP contribution in [0.3, 0.4) is 0 Å². The Morgan fingerprint density at radius 3 is 2.59 bits per heavy atom. The molecule has 0 aliphatic carbocycles. The molecule has 4 rings (SSSR count). The molecule has 1 aliphatic heterocycles. The molecule has 2 N–H and O–H groups in total. The van der Waals surface area contributed by atoms with Crippen LogP contribution in [-0.4, -0.2) is 22.9 Å². The lowest BCUT2D eigenvalue weighted by molar-refractivity contribution is 0.158. The Morgan fingerprint density at radius 1 is 1.07 bits per heavy atom. The second-order valence-corrected chi connectivity index (χ2v) is 6.92. The molecule has 0 radical (unpaired) electrons. The molecule has 1 aliphatic rings. The third-order valence-corrected chi connectivity index (χ3v) is 4.51. The van der Waals surface area contributed by atoms with E-state index < -0.39 is 11.2 Å². The molecular formula is C21H18O6. The fourth-order valence-corrected chi connectivity index (χ4v) is 3.19. The van der Waals surface area contributed by atoms with Gasteiger partial charge in [-0.2, -0.15) is 0 Å². The minimum absolute atomic E-state index is 0.0661. The highest BCUT2D eigenvalue weighted by atomic mass is 16.5. The van der Waals surface area contributed by atoms with Crippen LogP contribution in [0, 0.1) is 0 Å². The van der Waals surface area contributed by atoms with Crippen LogP contribution in [0.4, 0.5) is 0 Å². The van der Waals surface area contributed by atoms with Crippen LogP contribution >= 0.6 is 0 Å². The lowest BCUT2D eigenvalue weighted by atomic mass is 9.97. The molecule has 3 aromatic rings. The molecular weight excluding hydrogens is 348 g/mol. The average Bonchev–Trinajstić information content (AvgIpc) is 2.60. The number of fused-ring (bicyclic) bond motifs is 2. The summed E-state index contributed by atoms with van der Waals surface area (Å²) < 4.78 is 16.5. The van der Waals surface area contributed by atoms with Crippen molar-refractivity contribution in [3.63, 3.8) is 0 Å². The van der Waals surface area contributed by atoms with Crippen LogP contribution < -0.4 is 15.1 Å². The number of benzene rings is 2. The maximum absolute atomic E-state index is 12.5. The highest BCUT2D eigenvalue weighted by molar-refractivity contribution is 5.90. The third-order valence-electron chi connectivity index (χ3n) is 4.51. The Balaban J connectivity index is 1.94. The summed E-state index contributed by atoms with van der Waals surface area (Å²) >= 11 is 0. The molecule has 0 saturated heterocycles. The van der Waals surface area contributed by atoms with Gasteiger partial charge in [0.25, 0.3) is 0 Å². The number of hydrogen-bond acceptors (Lipinski definition) is 6. The van der Waals surface area contributed by atoms with E-state index in [0.29, 0.717) is 28.0 Å². The topological polar surface area (TPSA) is 89.1 Å². The van der Waals surface area contributed by atoms with Crippen LogP contribution in [-0.2, 0) is 0 Å². The molecule has 6 nitrogen and oxygen atoms in total. The first-order valence-electron chi connectivity index (χ1n) is 8.38. The predicted molar refractivity (Wildman–Crippen MR) is 102 cm³/mol. The zero-order valence-electron chi connectivity index (χ0n) is 15.1. The van der Waals surface area contributed by atoms with Crippen molar-refractivity contribution in [2.24, 2.45) is 0 Å². The number of ether oxygens (including phenoxy) is 2. The zero-order valence-corrected chi connectivity index (χ0v) is 15.1. The summed E-state index contributed by atoms with van der Waals surface area (Å²) in [7, 11) is 1.46. The third kappa shape index (κ3) is 2.79. The van der Waals surface area contributed by atoms with Gasteiger partial charge in [-0.15, -0.1) is 0 Å². The molecule has 0 saturated carbocycles. The molecule has 2 heterocycles. The van der Waals surface area contributed by atoms with Gasteiger partial charge in [0.2, 0.25) is 0 Å². The van der Waals surface area contributed by atoms with Gasteiger partial charge in [-0.1, -0.05) is 0 Å². The lowest BCUT2D eigenvalue weighted by Crippen LogP contribution is -2.27. The average molecular weight is 366 g/mol. The van der Waals surface area contributed by atoms with E-state index in [1.165, 1.54) is 19.2 Å². The molecule has 1 aromatic heterocycles. The molecule has 0 amide bonds. The van der Waals surface area contributed by atoms with Crippen LogP contribution in [0.15, 0.2) is 45.6 Å². The Labute approximate surface area is 154 Å². The van der Waals surface area contributed by atoms with E-state index in [2.05, 4.69) is 0 Å². The largest absolute Gasteiger partial charge is 0.508 e. The van der Waals surface area contributed by atoms with Gasteiger partial charge in [0, 0.05) is 17.7 Å². The fraction of sp³-hybridized carbons (Fsp3) is 0.190. The summed E-state index contributed by atoms with van der Waals surface area (Å²) in [6.07, 6.45) is 3.62. The smallest absolute Gasteiger partial charge is 0.344 e. The Bertz CT molecular complexity index is 1150. The van der Waals surface area contributed by atoms with E-state index in [1.54, 1.807) is 24.3 Å². The van der Waals surface area contributed by atoms with Crippen LogP contribution in [0.5, 0.6) is 23.0 Å². The first-order valence-corrected chi connectivity index (χ1v) is 8.38. The van der Waals surface area contributed by atoms with Gasteiger partial charge in [-0.3, -0.25) is 0 Å².